The molecular weight excluding hydrogens is 276 g/mol. The molecule has 0 saturated carbocycles. The smallest absolute Gasteiger partial charge is 0.0708 e. The molecule has 0 spiro atoms. The minimum Gasteiger partial charge on any atom is -0.143 e. The SMILES string of the molecule is CC1(C)c2ccsc2-c2sc(Br)cc21. The van der Waals surface area contributed by atoms with Crippen molar-refractivity contribution in [3.8, 4) is 9.75 Å². The predicted octanol–water partition coefficient (Wildman–Crippen LogP) is 4.88. The summed E-state index contributed by atoms with van der Waals surface area (Å²) in [7, 11) is 0. The van der Waals surface area contributed by atoms with Gasteiger partial charge in [0.25, 0.3) is 0 Å². The van der Waals surface area contributed by atoms with Crippen LogP contribution in [0.1, 0.15) is 25.0 Å². The summed E-state index contributed by atoms with van der Waals surface area (Å²) in [6.07, 6.45) is 0. The van der Waals surface area contributed by atoms with Crippen LogP contribution in [0.2, 0.25) is 0 Å². The Hall–Kier alpha value is -0.120. The maximum absolute atomic E-state index is 3.57. The van der Waals surface area contributed by atoms with Crippen LogP contribution in [0.15, 0.2) is 21.3 Å². The minimum absolute atomic E-state index is 0.202. The molecule has 2 aromatic rings. The molecule has 0 radical (unpaired) electrons. The van der Waals surface area contributed by atoms with E-state index in [2.05, 4.69) is 47.3 Å². The zero-order valence-corrected chi connectivity index (χ0v) is 11.1. The van der Waals surface area contributed by atoms with Gasteiger partial charge in [-0.2, -0.15) is 0 Å². The van der Waals surface area contributed by atoms with Crippen molar-refractivity contribution in [3.63, 3.8) is 0 Å². The molecule has 0 amide bonds. The van der Waals surface area contributed by atoms with Crippen molar-refractivity contribution in [3.05, 3.63) is 32.4 Å². The second kappa shape index (κ2) is 2.71. The number of fused-ring (bicyclic) bond motifs is 3. The molecule has 2 aromatic heterocycles. The van der Waals surface area contributed by atoms with E-state index in [1.165, 1.54) is 24.7 Å². The zero-order chi connectivity index (χ0) is 9.92. The summed E-state index contributed by atoms with van der Waals surface area (Å²) in [4.78, 5) is 2.94. The molecule has 0 N–H and O–H groups in total. The van der Waals surface area contributed by atoms with Crippen LogP contribution in [-0.2, 0) is 5.41 Å². The van der Waals surface area contributed by atoms with E-state index >= 15 is 0 Å². The van der Waals surface area contributed by atoms with Crippen LogP contribution in [0, 0.1) is 0 Å². The summed E-state index contributed by atoms with van der Waals surface area (Å²) in [6.45, 7) is 4.62. The van der Waals surface area contributed by atoms with Crippen LogP contribution in [0.25, 0.3) is 9.75 Å². The van der Waals surface area contributed by atoms with E-state index in [1.807, 2.05) is 22.7 Å². The Morgan fingerprint density at radius 1 is 1.21 bits per heavy atom. The summed E-state index contributed by atoms with van der Waals surface area (Å²) < 4.78 is 1.25. The maximum Gasteiger partial charge on any atom is 0.0708 e. The first-order valence-electron chi connectivity index (χ1n) is 4.49. The van der Waals surface area contributed by atoms with Crippen molar-refractivity contribution in [2.24, 2.45) is 0 Å². The first-order valence-corrected chi connectivity index (χ1v) is 6.98. The fourth-order valence-corrected chi connectivity index (χ4v) is 5.11. The lowest BCUT2D eigenvalue weighted by molar-refractivity contribution is 0.663. The van der Waals surface area contributed by atoms with Crippen LogP contribution in [-0.4, -0.2) is 0 Å². The zero-order valence-electron chi connectivity index (χ0n) is 7.93. The van der Waals surface area contributed by atoms with Gasteiger partial charge in [0.2, 0.25) is 0 Å². The molecule has 0 fully saturated rings. The third kappa shape index (κ3) is 0.980. The average molecular weight is 285 g/mol. The van der Waals surface area contributed by atoms with Gasteiger partial charge < -0.3 is 0 Å². The molecule has 0 atom stereocenters. The molecule has 2 heterocycles. The van der Waals surface area contributed by atoms with E-state index in [0.717, 1.165) is 0 Å². The van der Waals surface area contributed by atoms with Gasteiger partial charge in [0.1, 0.15) is 0 Å². The fraction of sp³-hybridized carbons (Fsp3) is 0.273. The molecule has 0 saturated heterocycles. The molecule has 72 valence electrons. The van der Waals surface area contributed by atoms with Crippen LogP contribution >= 0.6 is 38.6 Å². The van der Waals surface area contributed by atoms with Crippen LogP contribution in [0.5, 0.6) is 0 Å². The second-order valence-corrected chi connectivity index (χ2v) is 7.43. The topological polar surface area (TPSA) is 0 Å². The lowest BCUT2D eigenvalue weighted by atomic mass is 9.84. The maximum atomic E-state index is 3.57. The number of halogens is 1. The standard InChI is InChI=1S/C11H9BrS2/c1-11(2)6-3-4-13-9(6)10-7(11)5-8(12)14-10/h3-5H,1-2H3. The number of thiophene rings is 2. The highest BCUT2D eigenvalue weighted by Gasteiger charge is 2.37. The largest absolute Gasteiger partial charge is 0.143 e. The van der Waals surface area contributed by atoms with E-state index in [9.17, 15) is 0 Å². The fourth-order valence-electron chi connectivity index (χ4n) is 2.12. The second-order valence-electron chi connectivity index (χ2n) is 4.08. The van der Waals surface area contributed by atoms with Crippen molar-refractivity contribution in [1.82, 2.24) is 0 Å². The third-order valence-electron chi connectivity index (χ3n) is 2.92. The monoisotopic (exact) mass is 284 g/mol. The van der Waals surface area contributed by atoms with Crippen molar-refractivity contribution >= 4 is 38.6 Å². The Kier molecular flexibility index (Phi) is 1.77. The van der Waals surface area contributed by atoms with E-state index < -0.39 is 0 Å². The Morgan fingerprint density at radius 2 is 2.00 bits per heavy atom. The molecule has 3 heteroatoms. The predicted molar refractivity (Wildman–Crippen MR) is 67.5 cm³/mol. The van der Waals surface area contributed by atoms with E-state index in [4.69, 9.17) is 0 Å². The Labute approximate surface area is 99.7 Å². The van der Waals surface area contributed by atoms with E-state index in [0.29, 0.717) is 0 Å². The molecule has 14 heavy (non-hydrogen) atoms. The summed E-state index contributed by atoms with van der Waals surface area (Å²) in [5, 5.41) is 2.20. The van der Waals surface area contributed by atoms with Gasteiger partial charge in [-0.05, 0) is 44.6 Å². The summed E-state index contributed by atoms with van der Waals surface area (Å²) in [5.41, 5.74) is 3.18. The molecule has 3 rings (SSSR count). The summed E-state index contributed by atoms with van der Waals surface area (Å²) >= 11 is 7.29. The molecule has 0 bridgehead atoms. The van der Waals surface area contributed by atoms with Gasteiger partial charge in [0.15, 0.2) is 0 Å². The third-order valence-corrected chi connectivity index (χ3v) is 5.64. The highest BCUT2D eigenvalue weighted by Crippen LogP contribution is 2.55. The van der Waals surface area contributed by atoms with Crippen LogP contribution in [0.3, 0.4) is 0 Å². The molecule has 0 aromatic carbocycles. The van der Waals surface area contributed by atoms with Gasteiger partial charge in [-0.15, -0.1) is 22.7 Å². The quantitative estimate of drug-likeness (QED) is 0.647. The van der Waals surface area contributed by atoms with Crippen LogP contribution in [0.4, 0.5) is 0 Å². The first-order chi connectivity index (χ1) is 6.60. The molecular formula is C11H9BrS2. The lowest BCUT2D eigenvalue weighted by Crippen LogP contribution is -2.13. The minimum atomic E-state index is 0.202. The lowest BCUT2D eigenvalue weighted by Gasteiger charge is -2.18. The molecule has 0 nitrogen and oxygen atoms in total. The van der Waals surface area contributed by atoms with Gasteiger partial charge in [-0.1, -0.05) is 13.8 Å². The van der Waals surface area contributed by atoms with Crippen LogP contribution < -0.4 is 0 Å². The summed E-state index contributed by atoms with van der Waals surface area (Å²) in [5.74, 6) is 0. The number of rotatable bonds is 0. The van der Waals surface area contributed by atoms with Crippen molar-refractivity contribution in [1.29, 1.82) is 0 Å². The summed E-state index contributed by atoms with van der Waals surface area (Å²) in [6, 6.07) is 4.54. The van der Waals surface area contributed by atoms with Gasteiger partial charge >= 0.3 is 0 Å². The number of hydrogen-bond acceptors (Lipinski definition) is 2. The highest BCUT2D eigenvalue weighted by molar-refractivity contribution is 9.11. The average Bonchev–Trinajstić information content (AvgIpc) is 2.70. The number of hydrogen-bond donors (Lipinski definition) is 0. The van der Waals surface area contributed by atoms with Crippen molar-refractivity contribution < 1.29 is 0 Å². The van der Waals surface area contributed by atoms with Gasteiger partial charge in [-0.3, -0.25) is 0 Å². The van der Waals surface area contributed by atoms with Gasteiger partial charge in [0, 0.05) is 15.2 Å². The Bertz CT molecular complexity index is 505. The highest BCUT2D eigenvalue weighted by atomic mass is 79.9. The van der Waals surface area contributed by atoms with E-state index in [1.54, 1.807) is 0 Å². The molecule has 0 unspecified atom stereocenters. The normalized spacial score (nSPS) is 16.8. The first kappa shape index (κ1) is 9.13. The van der Waals surface area contributed by atoms with Gasteiger partial charge in [-0.25, -0.2) is 0 Å². The van der Waals surface area contributed by atoms with Crippen molar-refractivity contribution in [2.75, 3.05) is 0 Å². The van der Waals surface area contributed by atoms with E-state index in [-0.39, 0.29) is 5.41 Å². The van der Waals surface area contributed by atoms with Crippen molar-refractivity contribution in [2.45, 2.75) is 19.3 Å². The Morgan fingerprint density at radius 3 is 2.79 bits per heavy atom. The molecule has 1 aliphatic rings. The molecule has 0 aliphatic heterocycles. The van der Waals surface area contributed by atoms with Gasteiger partial charge in [0.05, 0.1) is 3.79 Å². The Balaban J connectivity index is 2.40. The molecule has 1 aliphatic carbocycles.